The number of nitrogens with zero attached hydrogens (tertiary/aromatic N) is 1. The van der Waals surface area contributed by atoms with Crippen molar-refractivity contribution in [3.05, 3.63) is 22.6 Å². The molecule has 0 spiro atoms. The van der Waals surface area contributed by atoms with Crippen LogP contribution in [0.25, 0.3) is 11.2 Å². The van der Waals surface area contributed by atoms with E-state index in [9.17, 15) is 10.1 Å². The van der Waals surface area contributed by atoms with Gasteiger partial charge in [-0.1, -0.05) is 6.92 Å². The van der Waals surface area contributed by atoms with Crippen molar-refractivity contribution in [1.82, 2.24) is 0 Å². The monoisotopic (exact) mass is 229 g/mol. The molecule has 2 aromatic heterocycles. The fourth-order valence-corrected chi connectivity index (χ4v) is 1.88. The van der Waals surface area contributed by atoms with Gasteiger partial charge in [0.15, 0.2) is 5.58 Å². The minimum absolute atomic E-state index is 0.0158. The highest BCUT2D eigenvalue weighted by atomic mass is 32.2. The Morgan fingerprint density at radius 3 is 2.87 bits per heavy atom. The van der Waals surface area contributed by atoms with E-state index >= 15 is 0 Å². The maximum Gasteiger partial charge on any atom is 0.300 e. The van der Waals surface area contributed by atoms with E-state index in [0.29, 0.717) is 5.58 Å². The summed E-state index contributed by atoms with van der Waals surface area (Å²) in [6, 6.07) is 0. The lowest BCUT2D eigenvalue weighted by Crippen LogP contribution is -2.02. The van der Waals surface area contributed by atoms with Crippen molar-refractivity contribution in [3.8, 4) is 5.75 Å². The van der Waals surface area contributed by atoms with Crippen molar-refractivity contribution in [2.24, 2.45) is 0 Å². The first-order valence-electron chi connectivity index (χ1n) is 4.16. The lowest BCUT2D eigenvalue weighted by atomic mass is 10.5. The Balaban J connectivity index is 2.39. The summed E-state index contributed by atoms with van der Waals surface area (Å²) in [6.07, 6.45) is 2.66. The third-order valence-corrected chi connectivity index (χ3v) is 2.58. The molecule has 0 fully saturated rings. The minimum Gasteiger partial charge on any atom is -0.457 e. The van der Waals surface area contributed by atoms with Gasteiger partial charge in [-0.25, -0.2) is 0 Å². The van der Waals surface area contributed by atoms with Crippen LogP contribution in [0.1, 0.15) is 6.92 Å². The topological polar surface area (TPSA) is 78.7 Å². The fourth-order valence-electron chi connectivity index (χ4n) is 1.18. The lowest BCUT2D eigenvalue weighted by Gasteiger charge is -1.88. The molecule has 0 aliphatic carbocycles. The van der Waals surface area contributed by atoms with Crippen molar-refractivity contribution in [1.29, 1.82) is 0 Å². The molecule has 15 heavy (non-hydrogen) atoms. The van der Waals surface area contributed by atoms with Gasteiger partial charge in [0.05, 0.1) is 4.90 Å². The van der Waals surface area contributed by atoms with Gasteiger partial charge >= 0.3 is 0 Å². The molecule has 0 aliphatic rings. The molecule has 0 aliphatic heterocycles. The molecule has 80 valence electrons. The van der Waals surface area contributed by atoms with E-state index in [1.807, 2.05) is 6.92 Å². The van der Waals surface area contributed by atoms with Crippen LogP contribution in [0.15, 0.2) is 26.3 Å². The highest BCUT2D eigenvalue weighted by Crippen LogP contribution is 2.36. The Morgan fingerprint density at radius 1 is 1.47 bits per heavy atom. The molecular formula is C8H7NO5S. The highest BCUT2D eigenvalue weighted by Gasteiger charge is 2.17. The lowest BCUT2D eigenvalue weighted by molar-refractivity contribution is -0.710. The SMILES string of the molecule is CCSc1coc2c(O[N+](=O)[O-])coc12. The maximum atomic E-state index is 10.1. The van der Waals surface area contributed by atoms with Gasteiger partial charge in [-0.05, 0) is 5.75 Å². The van der Waals surface area contributed by atoms with Crippen LogP contribution in [-0.2, 0) is 0 Å². The van der Waals surface area contributed by atoms with Gasteiger partial charge in [-0.2, -0.15) is 0 Å². The zero-order valence-corrected chi connectivity index (χ0v) is 8.58. The average molecular weight is 229 g/mol. The van der Waals surface area contributed by atoms with Crippen molar-refractivity contribution in [3.63, 3.8) is 0 Å². The molecule has 0 aromatic carbocycles. The van der Waals surface area contributed by atoms with Crippen LogP contribution in [0, 0.1) is 10.1 Å². The number of fused-ring (bicyclic) bond motifs is 1. The molecule has 2 rings (SSSR count). The van der Waals surface area contributed by atoms with Crippen LogP contribution in [0.2, 0.25) is 0 Å². The molecule has 0 radical (unpaired) electrons. The summed E-state index contributed by atoms with van der Waals surface area (Å²) in [5, 5.41) is 9.23. The van der Waals surface area contributed by atoms with E-state index in [1.54, 1.807) is 0 Å². The summed E-state index contributed by atoms with van der Waals surface area (Å²) in [4.78, 5) is 15.2. The number of rotatable bonds is 4. The molecule has 6 nitrogen and oxygen atoms in total. The Labute approximate surface area is 88.3 Å². The first-order chi connectivity index (χ1) is 7.22. The summed E-state index contributed by atoms with van der Waals surface area (Å²) in [7, 11) is 0. The van der Waals surface area contributed by atoms with E-state index in [2.05, 4.69) is 4.84 Å². The second-order valence-electron chi connectivity index (χ2n) is 2.61. The second-order valence-corrected chi connectivity index (χ2v) is 3.91. The molecule has 0 N–H and O–H groups in total. The van der Waals surface area contributed by atoms with Crippen LogP contribution in [0.4, 0.5) is 0 Å². The molecule has 2 aromatic rings. The third-order valence-electron chi connectivity index (χ3n) is 1.69. The van der Waals surface area contributed by atoms with Gasteiger partial charge in [0, 0.05) is 0 Å². The van der Waals surface area contributed by atoms with Crippen molar-refractivity contribution >= 4 is 22.9 Å². The van der Waals surface area contributed by atoms with Crippen LogP contribution in [-0.4, -0.2) is 10.8 Å². The zero-order chi connectivity index (χ0) is 10.8. The number of thioether (sulfide) groups is 1. The molecule has 0 unspecified atom stereocenters. The standard InChI is InChI=1S/C8H7NO5S/c1-2-15-6-4-13-7-5(14-9(10)11)3-12-8(6)7/h3-4H,2H2,1H3. The molecule has 0 saturated carbocycles. The molecule has 7 heteroatoms. The summed E-state index contributed by atoms with van der Waals surface area (Å²) in [5.41, 5.74) is 0.751. The maximum absolute atomic E-state index is 10.1. The summed E-state index contributed by atoms with van der Waals surface area (Å²) in [5.74, 6) is 0.846. The van der Waals surface area contributed by atoms with Gasteiger partial charge < -0.3 is 8.83 Å². The molecule has 0 atom stereocenters. The van der Waals surface area contributed by atoms with E-state index < -0.39 is 5.09 Å². The first kappa shape index (κ1) is 9.91. The van der Waals surface area contributed by atoms with Crippen molar-refractivity contribution in [2.45, 2.75) is 11.8 Å². The Bertz CT molecular complexity index is 488. The summed E-state index contributed by atoms with van der Waals surface area (Å²) >= 11 is 1.53. The number of hydrogen-bond acceptors (Lipinski definition) is 6. The fraction of sp³-hybridized carbons (Fsp3) is 0.250. The average Bonchev–Trinajstić information content (AvgIpc) is 2.71. The number of hydrogen-bond donors (Lipinski definition) is 0. The van der Waals surface area contributed by atoms with E-state index in [4.69, 9.17) is 8.83 Å². The van der Waals surface area contributed by atoms with Crippen molar-refractivity contribution < 1.29 is 18.8 Å². The Hall–Kier alpha value is -1.63. The quantitative estimate of drug-likeness (QED) is 0.455. The first-order valence-corrected chi connectivity index (χ1v) is 5.14. The van der Waals surface area contributed by atoms with E-state index in [1.165, 1.54) is 18.0 Å². The Kier molecular flexibility index (Phi) is 2.55. The predicted molar refractivity (Wildman–Crippen MR) is 52.5 cm³/mol. The van der Waals surface area contributed by atoms with Gasteiger partial charge in [0.1, 0.15) is 12.5 Å². The van der Waals surface area contributed by atoms with E-state index in [0.717, 1.165) is 16.9 Å². The van der Waals surface area contributed by atoms with Gasteiger partial charge in [0.2, 0.25) is 11.3 Å². The zero-order valence-electron chi connectivity index (χ0n) is 7.76. The van der Waals surface area contributed by atoms with Gasteiger partial charge in [0.25, 0.3) is 5.09 Å². The molecule has 0 bridgehead atoms. The molecule has 0 saturated heterocycles. The van der Waals surface area contributed by atoms with Crippen LogP contribution >= 0.6 is 11.8 Å². The third kappa shape index (κ3) is 1.78. The largest absolute Gasteiger partial charge is 0.457 e. The molecular weight excluding hydrogens is 222 g/mol. The summed E-state index contributed by atoms with van der Waals surface area (Å²) in [6.45, 7) is 1.99. The van der Waals surface area contributed by atoms with E-state index in [-0.39, 0.29) is 11.3 Å². The summed E-state index contributed by atoms with van der Waals surface area (Å²) < 4.78 is 10.3. The second kappa shape index (κ2) is 3.85. The molecule has 2 heterocycles. The van der Waals surface area contributed by atoms with Gasteiger partial charge in [-0.3, -0.25) is 4.84 Å². The van der Waals surface area contributed by atoms with Crippen LogP contribution in [0.3, 0.4) is 0 Å². The Morgan fingerprint density at radius 2 is 2.20 bits per heavy atom. The van der Waals surface area contributed by atoms with Crippen molar-refractivity contribution in [2.75, 3.05) is 5.75 Å². The normalized spacial score (nSPS) is 10.7. The molecule has 0 amide bonds. The number of furan rings is 2. The predicted octanol–water partition coefficient (Wildman–Crippen LogP) is 2.71. The smallest absolute Gasteiger partial charge is 0.300 e. The van der Waals surface area contributed by atoms with Crippen LogP contribution < -0.4 is 4.84 Å². The highest BCUT2D eigenvalue weighted by molar-refractivity contribution is 7.99. The van der Waals surface area contributed by atoms with Crippen LogP contribution in [0.5, 0.6) is 5.75 Å². The minimum atomic E-state index is -0.903. The van der Waals surface area contributed by atoms with Gasteiger partial charge in [-0.15, -0.1) is 21.9 Å².